The molecule has 0 aliphatic heterocycles. The monoisotopic (exact) mass is 313 g/mol. The van der Waals surface area contributed by atoms with Crippen molar-refractivity contribution in [2.75, 3.05) is 20.8 Å². The van der Waals surface area contributed by atoms with Crippen molar-refractivity contribution in [2.45, 2.75) is 12.5 Å². The summed E-state index contributed by atoms with van der Waals surface area (Å²) in [7, 11) is -1.91. The first-order valence-corrected chi connectivity index (χ1v) is 7.50. The quantitative estimate of drug-likeness (QED) is 0.563. The van der Waals surface area contributed by atoms with E-state index >= 15 is 0 Å². The molecule has 1 rings (SSSR count). The zero-order valence-corrected chi connectivity index (χ0v) is 12.8. The van der Waals surface area contributed by atoms with E-state index in [2.05, 4.69) is 9.05 Å². The average molecular weight is 313 g/mol. The maximum absolute atomic E-state index is 12.2. The molecule has 0 aliphatic carbocycles. The molecule has 8 heteroatoms. The Labute approximate surface area is 123 Å². The van der Waals surface area contributed by atoms with Crippen LogP contribution < -0.4 is 0 Å². The average Bonchev–Trinajstić information content (AvgIpc) is 2.53. The largest absolute Gasteiger partial charge is 0.476 e. The van der Waals surface area contributed by atoms with E-state index in [0.717, 1.165) is 14.2 Å². The third kappa shape index (κ3) is 3.69. The molecule has 0 bridgehead atoms. The van der Waals surface area contributed by atoms with Crippen LogP contribution in [0.5, 0.6) is 0 Å². The van der Waals surface area contributed by atoms with E-state index in [0.29, 0.717) is 0 Å². The molecular formula is C13H16NO6P. The Bertz CT molecular complexity index is 562. The molecule has 0 aliphatic rings. The fourth-order valence-electron chi connectivity index (χ4n) is 1.56. The van der Waals surface area contributed by atoms with Gasteiger partial charge in [-0.05, 0) is 6.92 Å². The van der Waals surface area contributed by atoms with Crippen molar-refractivity contribution < 1.29 is 27.7 Å². The van der Waals surface area contributed by atoms with Crippen LogP contribution in [-0.2, 0) is 33.3 Å². The summed E-state index contributed by atoms with van der Waals surface area (Å²) >= 11 is 0. The number of phosphoric acid groups is 1. The van der Waals surface area contributed by atoms with Crippen molar-refractivity contribution in [1.82, 2.24) is 0 Å². The molecule has 114 valence electrons. The van der Waals surface area contributed by atoms with Gasteiger partial charge in [-0.25, -0.2) is 13.9 Å². The lowest BCUT2D eigenvalue weighted by Gasteiger charge is -2.27. The van der Waals surface area contributed by atoms with Gasteiger partial charge in [0.15, 0.2) is 0 Å². The molecule has 1 aromatic carbocycles. The van der Waals surface area contributed by atoms with Crippen LogP contribution in [0.15, 0.2) is 30.3 Å². The Hall–Kier alpha value is -1.71. The fourth-order valence-corrected chi connectivity index (χ4v) is 2.42. The van der Waals surface area contributed by atoms with Crippen LogP contribution >= 0.6 is 7.82 Å². The topological polar surface area (TPSA) is 94.9 Å². The predicted molar refractivity (Wildman–Crippen MR) is 73.1 cm³/mol. The molecule has 1 unspecified atom stereocenters. The second-order valence-corrected chi connectivity index (χ2v) is 5.59. The number of benzene rings is 1. The lowest BCUT2D eigenvalue weighted by atomic mass is 9.96. The Morgan fingerprint density at radius 1 is 1.29 bits per heavy atom. The standard InChI is InChI=1S/C13H16NO6P/c1-4-19-12(15)13(10-14,11-8-6-5-7-9-11)20-21(16,17-2)18-3/h5-9H,4H2,1-3H3. The van der Waals surface area contributed by atoms with E-state index in [4.69, 9.17) is 9.26 Å². The number of nitriles is 1. The first kappa shape index (κ1) is 17.3. The van der Waals surface area contributed by atoms with Crippen LogP contribution in [0.2, 0.25) is 0 Å². The molecule has 0 spiro atoms. The van der Waals surface area contributed by atoms with Crippen molar-refractivity contribution >= 4 is 13.8 Å². The van der Waals surface area contributed by atoms with Crippen LogP contribution in [-0.4, -0.2) is 26.8 Å². The molecule has 1 aromatic rings. The summed E-state index contributed by atoms with van der Waals surface area (Å²) in [4.78, 5) is 12.2. The van der Waals surface area contributed by atoms with Gasteiger partial charge in [-0.15, -0.1) is 0 Å². The molecule has 1 atom stereocenters. The number of nitrogens with zero attached hydrogens (tertiary/aromatic N) is 1. The summed E-state index contributed by atoms with van der Waals surface area (Å²) in [6.45, 7) is 1.61. The summed E-state index contributed by atoms with van der Waals surface area (Å²) < 4.78 is 31.5. The molecular weight excluding hydrogens is 297 g/mol. The van der Waals surface area contributed by atoms with Crippen molar-refractivity contribution in [3.8, 4) is 6.07 Å². The number of hydrogen-bond acceptors (Lipinski definition) is 7. The van der Waals surface area contributed by atoms with E-state index in [1.165, 1.54) is 12.1 Å². The summed E-state index contributed by atoms with van der Waals surface area (Å²) in [6, 6.07) is 9.58. The molecule has 0 fully saturated rings. The zero-order valence-electron chi connectivity index (χ0n) is 11.9. The third-order valence-corrected chi connectivity index (χ3v) is 3.99. The van der Waals surface area contributed by atoms with Crippen LogP contribution in [0.4, 0.5) is 0 Å². The number of ether oxygens (including phenoxy) is 1. The van der Waals surface area contributed by atoms with Crippen molar-refractivity contribution in [2.24, 2.45) is 0 Å². The van der Waals surface area contributed by atoms with E-state index in [1.54, 1.807) is 31.2 Å². The number of rotatable bonds is 7. The smallest absolute Gasteiger partial charge is 0.463 e. The van der Waals surface area contributed by atoms with Gasteiger partial charge in [0.05, 0.1) is 6.61 Å². The predicted octanol–water partition coefficient (Wildman–Crippen LogP) is 2.39. The number of carbonyl (C=O) groups is 1. The van der Waals surface area contributed by atoms with E-state index in [1.807, 2.05) is 0 Å². The Morgan fingerprint density at radius 2 is 1.86 bits per heavy atom. The highest BCUT2D eigenvalue weighted by atomic mass is 31.2. The van der Waals surface area contributed by atoms with Gasteiger partial charge in [0.2, 0.25) is 0 Å². The van der Waals surface area contributed by atoms with E-state index < -0.39 is 19.4 Å². The molecule has 7 nitrogen and oxygen atoms in total. The van der Waals surface area contributed by atoms with Gasteiger partial charge in [-0.3, -0.25) is 9.05 Å². The maximum atomic E-state index is 12.2. The summed E-state index contributed by atoms with van der Waals surface area (Å²) in [5, 5.41) is 9.47. The number of hydrogen-bond donors (Lipinski definition) is 0. The van der Waals surface area contributed by atoms with E-state index in [9.17, 15) is 14.6 Å². The van der Waals surface area contributed by atoms with Gasteiger partial charge in [0, 0.05) is 19.8 Å². The second-order valence-electron chi connectivity index (χ2n) is 3.78. The molecule has 0 aromatic heterocycles. The lowest BCUT2D eigenvalue weighted by Crippen LogP contribution is -2.38. The second kappa shape index (κ2) is 7.34. The van der Waals surface area contributed by atoms with Gasteiger partial charge < -0.3 is 4.74 Å². The van der Waals surface area contributed by atoms with Gasteiger partial charge in [-0.1, -0.05) is 30.3 Å². The first-order valence-electron chi connectivity index (χ1n) is 6.04. The summed E-state index contributed by atoms with van der Waals surface area (Å²) in [5.74, 6) is -0.993. The minimum Gasteiger partial charge on any atom is -0.463 e. The minimum atomic E-state index is -4.09. The first-order chi connectivity index (χ1) is 9.98. The van der Waals surface area contributed by atoms with Gasteiger partial charge >= 0.3 is 13.8 Å². The molecule has 0 radical (unpaired) electrons. The van der Waals surface area contributed by atoms with Gasteiger partial charge in [0.25, 0.3) is 5.60 Å². The Kier molecular flexibility index (Phi) is 6.06. The highest BCUT2D eigenvalue weighted by Crippen LogP contribution is 2.53. The normalized spacial score (nSPS) is 14.0. The van der Waals surface area contributed by atoms with Gasteiger partial charge in [0.1, 0.15) is 6.07 Å². The highest BCUT2D eigenvalue weighted by molar-refractivity contribution is 7.48. The van der Waals surface area contributed by atoms with Crippen LogP contribution in [0, 0.1) is 11.3 Å². The zero-order chi connectivity index (χ0) is 15.9. The van der Waals surface area contributed by atoms with Crippen molar-refractivity contribution in [1.29, 1.82) is 5.26 Å². The van der Waals surface area contributed by atoms with Crippen LogP contribution in [0.25, 0.3) is 0 Å². The molecule has 21 heavy (non-hydrogen) atoms. The van der Waals surface area contributed by atoms with E-state index in [-0.39, 0.29) is 12.2 Å². The molecule has 0 saturated heterocycles. The van der Waals surface area contributed by atoms with Crippen LogP contribution in [0.3, 0.4) is 0 Å². The number of esters is 1. The highest BCUT2D eigenvalue weighted by Gasteiger charge is 2.50. The Morgan fingerprint density at radius 3 is 2.29 bits per heavy atom. The molecule has 0 N–H and O–H groups in total. The summed E-state index contributed by atoms with van der Waals surface area (Å²) in [6.07, 6.45) is 0. The Balaban J connectivity index is 3.38. The van der Waals surface area contributed by atoms with Crippen molar-refractivity contribution in [3.05, 3.63) is 35.9 Å². The molecule has 0 saturated carbocycles. The number of phosphoric ester groups is 1. The lowest BCUT2D eigenvalue weighted by molar-refractivity contribution is -0.159. The fraction of sp³-hybridized carbons (Fsp3) is 0.385. The van der Waals surface area contributed by atoms with Gasteiger partial charge in [-0.2, -0.15) is 5.26 Å². The molecule has 0 amide bonds. The van der Waals surface area contributed by atoms with Crippen LogP contribution in [0.1, 0.15) is 12.5 Å². The minimum absolute atomic E-state index is 0.0305. The van der Waals surface area contributed by atoms with Crippen molar-refractivity contribution in [3.63, 3.8) is 0 Å². The summed E-state index contributed by atoms with van der Waals surface area (Å²) in [5.41, 5.74) is -2.07. The maximum Gasteiger partial charge on any atom is 0.476 e. The molecule has 0 heterocycles. The number of carbonyl (C=O) groups excluding carboxylic acids is 1. The SMILES string of the molecule is CCOC(=O)C(C#N)(OP(=O)(OC)OC)c1ccccc1. The third-order valence-electron chi connectivity index (χ3n) is 2.60.